The minimum atomic E-state index is -0.336. The highest BCUT2D eigenvalue weighted by Crippen LogP contribution is 2.23. The third-order valence-corrected chi connectivity index (χ3v) is 3.17. The molecule has 4 heteroatoms. The van der Waals surface area contributed by atoms with Crippen molar-refractivity contribution in [3.05, 3.63) is 58.4 Å². The molecule has 2 rings (SSSR count). The van der Waals surface area contributed by atoms with E-state index >= 15 is 0 Å². The number of anilines is 1. The van der Waals surface area contributed by atoms with Crippen molar-refractivity contribution in [2.24, 2.45) is 0 Å². The molecule has 0 amide bonds. The molecule has 0 aliphatic rings. The summed E-state index contributed by atoms with van der Waals surface area (Å²) in [5.41, 5.74) is 2.51. The van der Waals surface area contributed by atoms with Gasteiger partial charge in [0.1, 0.15) is 0 Å². The molecule has 0 bridgehead atoms. The van der Waals surface area contributed by atoms with Crippen LogP contribution in [0, 0.1) is 12.7 Å². The van der Waals surface area contributed by atoms with Gasteiger partial charge in [-0.15, -0.1) is 0 Å². The Kier molecular flexibility index (Phi) is 4.27. The summed E-state index contributed by atoms with van der Waals surface area (Å²) in [5, 5.41) is 3.83. The minimum absolute atomic E-state index is 0.252. The van der Waals surface area contributed by atoms with Crippen molar-refractivity contribution in [3.8, 4) is 5.75 Å². The zero-order valence-corrected chi connectivity index (χ0v) is 11.6. The maximum Gasteiger partial charge on any atom is 0.170 e. The molecule has 0 aromatic heterocycles. The molecule has 2 aromatic carbocycles. The molecule has 2 nitrogen and oxygen atoms in total. The monoisotopic (exact) mass is 279 g/mol. The molecule has 0 fully saturated rings. The van der Waals surface area contributed by atoms with Crippen molar-refractivity contribution in [2.45, 2.75) is 13.5 Å². The summed E-state index contributed by atoms with van der Waals surface area (Å²) in [6.07, 6.45) is 0. The van der Waals surface area contributed by atoms with Gasteiger partial charge in [0.15, 0.2) is 11.6 Å². The number of nitrogens with one attached hydrogen (secondary N) is 1. The maximum absolute atomic E-state index is 14.0. The molecule has 0 atom stereocenters. The number of ether oxygens (including phenoxy) is 1. The first-order chi connectivity index (χ1) is 9.11. The number of hydrogen-bond donors (Lipinski definition) is 1. The molecule has 0 spiro atoms. The molecule has 0 unspecified atom stereocenters. The molecule has 1 N–H and O–H groups in total. The summed E-state index contributed by atoms with van der Waals surface area (Å²) in [4.78, 5) is 0. The van der Waals surface area contributed by atoms with Gasteiger partial charge in [-0.05, 0) is 30.7 Å². The van der Waals surface area contributed by atoms with Crippen LogP contribution in [-0.2, 0) is 6.54 Å². The van der Waals surface area contributed by atoms with Crippen molar-refractivity contribution in [3.63, 3.8) is 0 Å². The molecule has 0 aliphatic carbocycles. The third kappa shape index (κ3) is 3.18. The van der Waals surface area contributed by atoms with E-state index in [9.17, 15) is 4.39 Å². The summed E-state index contributed by atoms with van der Waals surface area (Å²) >= 11 is 5.94. The van der Waals surface area contributed by atoms with Crippen molar-refractivity contribution in [1.29, 1.82) is 0 Å². The topological polar surface area (TPSA) is 21.3 Å². The molecule has 0 radical (unpaired) electrons. The van der Waals surface area contributed by atoms with Crippen molar-refractivity contribution >= 4 is 17.3 Å². The Balaban J connectivity index is 2.17. The zero-order valence-electron chi connectivity index (χ0n) is 10.8. The smallest absolute Gasteiger partial charge is 0.170 e. The van der Waals surface area contributed by atoms with Gasteiger partial charge in [0, 0.05) is 22.8 Å². The van der Waals surface area contributed by atoms with Gasteiger partial charge in [-0.2, -0.15) is 0 Å². The van der Waals surface area contributed by atoms with E-state index in [1.807, 2.05) is 25.1 Å². The van der Waals surface area contributed by atoms with Crippen LogP contribution in [0.15, 0.2) is 36.4 Å². The molecule has 0 saturated carbocycles. The van der Waals surface area contributed by atoms with Crippen molar-refractivity contribution in [2.75, 3.05) is 12.4 Å². The number of aryl methyl sites for hydroxylation is 1. The van der Waals surface area contributed by atoms with Crippen molar-refractivity contribution < 1.29 is 9.13 Å². The lowest BCUT2D eigenvalue weighted by molar-refractivity contribution is 0.384. The van der Waals surface area contributed by atoms with E-state index in [1.165, 1.54) is 7.11 Å². The normalized spacial score (nSPS) is 10.3. The van der Waals surface area contributed by atoms with Crippen molar-refractivity contribution in [1.82, 2.24) is 0 Å². The number of rotatable bonds is 4. The van der Waals surface area contributed by atoms with E-state index in [0.29, 0.717) is 17.1 Å². The van der Waals surface area contributed by atoms with Crippen LogP contribution in [0.3, 0.4) is 0 Å². The van der Waals surface area contributed by atoms with Gasteiger partial charge in [-0.25, -0.2) is 4.39 Å². The molecule has 2 aromatic rings. The SMILES string of the molecule is COc1cccc(CNc2cc(Cl)ccc2C)c1F. The Labute approximate surface area is 117 Å². The van der Waals surface area contributed by atoms with Gasteiger partial charge < -0.3 is 10.1 Å². The van der Waals surface area contributed by atoms with Crippen LogP contribution in [0.1, 0.15) is 11.1 Å². The molecule has 0 heterocycles. The average molecular weight is 280 g/mol. The van der Waals surface area contributed by atoms with Crippen LogP contribution in [0.25, 0.3) is 0 Å². The first-order valence-electron chi connectivity index (χ1n) is 5.93. The largest absolute Gasteiger partial charge is 0.494 e. The lowest BCUT2D eigenvalue weighted by atomic mass is 10.1. The highest BCUT2D eigenvalue weighted by Gasteiger charge is 2.08. The fourth-order valence-corrected chi connectivity index (χ4v) is 2.00. The number of halogens is 2. The molecule has 0 saturated heterocycles. The fourth-order valence-electron chi connectivity index (χ4n) is 1.83. The van der Waals surface area contributed by atoms with E-state index in [2.05, 4.69) is 5.32 Å². The number of methoxy groups -OCH3 is 1. The number of benzene rings is 2. The lowest BCUT2D eigenvalue weighted by Crippen LogP contribution is -2.04. The summed E-state index contributed by atoms with van der Waals surface area (Å²) in [6.45, 7) is 2.35. The fraction of sp³-hybridized carbons (Fsp3) is 0.200. The predicted octanol–water partition coefficient (Wildman–Crippen LogP) is 4.41. The first kappa shape index (κ1) is 13.7. The zero-order chi connectivity index (χ0) is 13.8. The van der Waals surface area contributed by atoms with Gasteiger partial charge in [-0.1, -0.05) is 29.8 Å². The van der Waals surface area contributed by atoms with Gasteiger partial charge in [0.05, 0.1) is 7.11 Å². The second-order valence-corrected chi connectivity index (χ2v) is 4.68. The van der Waals surface area contributed by atoms with E-state index in [1.54, 1.807) is 18.2 Å². The van der Waals surface area contributed by atoms with Crippen LogP contribution in [0.5, 0.6) is 5.75 Å². The van der Waals surface area contributed by atoms with Crippen LogP contribution >= 0.6 is 11.6 Å². The molecule has 100 valence electrons. The number of hydrogen-bond acceptors (Lipinski definition) is 2. The maximum atomic E-state index is 14.0. The van der Waals surface area contributed by atoms with Crippen LogP contribution in [0.2, 0.25) is 5.02 Å². The molecule has 19 heavy (non-hydrogen) atoms. The average Bonchev–Trinajstić information content (AvgIpc) is 2.41. The van der Waals surface area contributed by atoms with E-state index in [-0.39, 0.29) is 11.6 Å². The Hall–Kier alpha value is -1.74. The second-order valence-electron chi connectivity index (χ2n) is 4.25. The first-order valence-corrected chi connectivity index (χ1v) is 6.31. The summed E-state index contributed by atoms with van der Waals surface area (Å²) in [6, 6.07) is 10.7. The van der Waals surface area contributed by atoms with Gasteiger partial charge in [0.2, 0.25) is 0 Å². The Bertz CT molecular complexity index is 586. The molecule has 0 aliphatic heterocycles. The third-order valence-electron chi connectivity index (χ3n) is 2.93. The van der Waals surface area contributed by atoms with Gasteiger partial charge in [-0.3, -0.25) is 0 Å². The molecular formula is C15H15ClFNO. The lowest BCUT2D eigenvalue weighted by Gasteiger charge is -2.12. The highest BCUT2D eigenvalue weighted by molar-refractivity contribution is 6.30. The van der Waals surface area contributed by atoms with Gasteiger partial charge in [0.25, 0.3) is 0 Å². The quantitative estimate of drug-likeness (QED) is 0.895. The summed E-state index contributed by atoms with van der Waals surface area (Å²) < 4.78 is 18.9. The van der Waals surface area contributed by atoms with Crippen LogP contribution in [0.4, 0.5) is 10.1 Å². The van der Waals surface area contributed by atoms with Crippen LogP contribution in [-0.4, -0.2) is 7.11 Å². The van der Waals surface area contributed by atoms with E-state index in [0.717, 1.165) is 11.3 Å². The van der Waals surface area contributed by atoms with Gasteiger partial charge >= 0.3 is 0 Å². The van der Waals surface area contributed by atoms with E-state index in [4.69, 9.17) is 16.3 Å². The summed E-state index contributed by atoms with van der Waals surface area (Å²) in [7, 11) is 1.46. The standard InChI is InChI=1S/C15H15ClFNO/c1-10-6-7-12(16)8-13(10)18-9-11-4-3-5-14(19-2)15(11)17/h3-8,18H,9H2,1-2H3. The minimum Gasteiger partial charge on any atom is -0.494 e. The van der Waals surface area contributed by atoms with Crippen LogP contribution < -0.4 is 10.1 Å². The molecular weight excluding hydrogens is 265 g/mol. The Morgan fingerprint density at radius 2 is 2.05 bits per heavy atom. The Morgan fingerprint density at radius 3 is 2.79 bits per heavy atom. The highest BCUT2D eigenvalue weighted by atomic mass is 35.5. The predicted molar refractivity (Wildman–Crippen MR) is 76.5 cm³/mol. The van der Waals surface area contributed by atoms with E-state index < -0.39 is 0 Å². The Morgan fingerprint density at radius 1 is 1.26 bits per heavy atom. The second kappa shape index (κ2) is 5.93. The summed E-state index contributed by atoms with van der Waals surface area (Å²) in [5.74, 6) is -0.0840.